The lowest BCUT2D eigenvalue weighted by molar-refractivity contribution is -0.137. The van der Waals surface area contributed by atoms with E-state index in [0.717, 1.165) is 12.1 Å². The molecule has 126 valence electrons. The summed E-state index contributed by atoms with van der Waals surface area (Å²) in [4.78, 5) is -0.393. The second-order valence-electron chi connectivity index (χ2n) is 4.78. The number of nitrogens with one attached hydrogen (secondary N) is 1. The van der Waals surface area contributed by atoms with Crippen molar-refractivity contribution in [2.45, 2.75) is 23.5 Å². The fourth-order valence-electron chi connectivity index (χ4n) is 2.21. The number of rotatable bonds is 3. The molecular weight excluding hydrogens is 364 g/mol. The Balaban J connectivity index is 0.00000242. The molecule has 0 aliphatic carbocycles. The number of halogens is 5. The Morgan fingerprint density at radius 2 is 2.00 bits per heavy atom. The summed E-state index contributed by atoms with van der Waals surface area (Å²) in [7, 11) is -2.23. The van der Waals surface area contributed by atoms with Crippen LogP contribution in [-0.2, 0) is 16.2 Å². The number of likely N-dealkylation sites (N-methyl/N-ethyl adjacent to an activating group) is 1. The van der Waals surface area contributed by atoms with Crippen molar-refractivity contribution in [1.29, 1.82) is 0 Å². The zero-order chi connectivity index (χ0) is 15.8. The van der Waals surface area contributed by atoms with Crippen molar-refractivity contribution in [3.05, 3.63) is 28.8 Å². The average Bonchev–Trinajstić information content (AvgIpc) is 2.87. The van der Waals surface area contributed by atoms with Crippen LogP contribution in [-0.4, -0.2) is 38.9 Å². The molecule has 1 saturated heterocycles. The van der Waals surface area contributed by atoms with E-state index in [-0.39, 0.29) is 31.5 Å². The minimum absolute atomic E-state index is 0. The van der Waals surface area contributed by atoms with Crippen LogP contribution >= 0.6 is 24.0 Å². The molecule has 1 aromatic carbocycles. The van der Waals surface area contributed by atoms with Crippen LogP contribution in [0.25, 0.3) is 0 Å². The lowest BCUT2D eigenvalue weighted by Gasteiger charge is -2.18. The third kappa shape index (κ3) is 3.86. The largest absolute Gasteiger partial charge is 0.417 e. The standard InChI is InChI=1S/C12H14ClF3N2O2S.ClH/c1-17-8-4-5-18(7-8)21(19,20)9-2-3-11(13)10(6-9)12(14,15)16;/h2-3,6,8,17H,4-5,7H2,1H3;1H. The Morgan fingerprint density at radius 1 is 1.36 bits per heavy atom. The molecule has 1 heterocycles. The van der Waals surface area contributed by atoms with Crippen LogP contribution in [0.2, 0.25) is 5.02 Å². The van der Waals surface area contributed by atoms with Crippen LogP contribution in [0.3, 0.4) is 0 Å². The van der Waals surface area contributed by atoms with Crippen molar-refractivity contribution in [2.75, 3.05) is 20.1 Å². The number of hydrogen-bond donors (Lipinski definition) is 1. The molecule has 22 heavy (non-hydrogen) atoms. The van der Waals surface area contributed by atoms with Gasteiger partial charge in [0.15, 0.2) is 0 Å². The molecule has 0 bridgehead atoms. The number of alkyl halides is 3. The summed E-state index contributed by atoms with van der Waals surface area (Å²) >= 11 is 5.50. The Kier molecular flexibility index (Phi) is 6.14. The summed E-state index contributed by atoms with van der Waals surface area (Å²) < 4.78 is 64.4. The highest BCUT2D eigenvalue weighted by Crippen LogP contribution is 2.36. The fraction of sp³-hybridized carbons (Fsp3) is 0.500. The maximum Gasteiger partial charge on any atom is 0.417 e. The van der Waals surface area contributed by atoms with E-state index in [2.05, 4.69) is 5.32 Å². The van der Waals surface area contributed by atoms with E-state index in [1.807, 2.05) is 0 Å². The summed E-state index contributed by atoms with van der Waals surface area (Å²) in [5.74, 6) is 0. The van der Waals surface area contributed by atoms with E-state index in [1.165, 1.54) is 4.31 Å². The van der Waals surface area contributed by atoms with E-state index in [1.54, 1.807) is 7.05 Å². The maximum absolute atomic E-state index is 12.8. The van der Waals surface area contributed by atoms with Gasteiger partial charge >= 0.3 is 6.18 Å². The van der Waals surface area contributed by atoms with Crippen LogP contribution < -0.4 is 5.32 Å². The third-order valence-corrected chi connectivity index (χ3v) is 5.63. The summed E-state index contributed by atoms with van der Waals surface area (Å²) in [5.41, 5.74) is -1.14. The summed E-state index contributed by atoms with van der Waals surface area (Å²) in [6, 6.07) is 2.65. The maximum atomic E-state index is 12.8. The van der Waals surface area contributed by atoms with E-state index in [0.29, 0.717) is 12.5 Å². The molecule has 4 nitrogen and oxygen atoms in total. The van der Waals surface area contributed by atoms with Crippen LogP contribution in [0.5, 0.6) is 0 Å². The average molecular weight is 379 g/mol. The number of sulfonamides is 1. The van der Waals surface area contributed by atoms with Crippen molar-refractivity contribution < 1.29 is 21.6 Å². The lowest BCUT2D eigenvalue weighted by atomic mass is 10.2. The second kappa shape index (κ2) is 6.92. The molecular formula is C12H15Cl2F3N2O2S. The van der Waals surface area contributed by atoms with Crippen molar-refractivity contribution in [1.82, 2.24) is 9.62 Å². The Hall–Kier alpha value is -0.540. The summed E-state index contributed by atoms with van der Waals surface area (Å²) in [6.07, 6.45) is -4.07. The second-order valence-corrected chi connectivity index (χ2v) is 7.12. The molecule has 1 aromatic rings. The molecule has 1 fully saturated rings. The van der Waals surface area contributed by atoms with Crippen LogP contribution in [0.4, 0.5) is 13.2 Å². The smallest absolute Gasteiger partial charge is 0.316 e. The minimum Gasteiger partial charge on any atom is -0.316 e. The first-order valence-corrected chi connectivity index (χ1v) is 8.02. The molecule has 0 saturated carbocycles. The molecule has 1 N–H and O–H groups in total. The molecule has 1 unspecified atom stereocenters. The van der Waals surface area contributed by atoms with Gasteiger partial charge in [0.2, 0.25) is 10.0 Å². The van der Waals surface area contributed by atoms with Crippen molar-refractivity contribution in [3.63, 3.8) is 0 Å². The minimum atomic E-state index is -4.69. The molecule has 1 atom stereocenters. The van der Waals surface area contributed by atoms with Gasteiger partial charge in [-0.1, -0.05) is 11.6 Å². The van der Waals surface area contributed by atoms with E-state index in [4.69, 9.17) is 11.6 Å². The highest BCUT2D eigenvalue weighted by Gasteiger charge is 2.37. The number of benzene rings is 1. The molecule has 0 radical (unpaired) electrons. The first-order valence-electron chi connectivity index (χ1n) is 6.20. The first-order chi connectivity index (χ1) is 9.66. The van der Waals surface area contributed by atoms with Gasteiger partial charge in [0.05, 0.1) is 15.5 Å². The zero-order valence-corrected chi connectivity index (χ0v) is 13.9. The van der Waals surface area contributed by atoms with Crippen LogP contribution in [0.1, 0.15) is 12.0 Å². The van der Waals surface area contributed by atoms with E-state index < -0.39 is 31.7 Å². The molecule has 10 heteroatoms. The SMILES string of the molecule is CNC1CCN(S(=O)(=O)c2ccc(Cl)c(C(F)(F)F)c2)C1.Cl. The quantitative estimate of drug-likeness (QED) is 0.879. The molecule has 0 amide bonds. The molecule has 0 spiro atoms. The van der Waals surface area contributed by atoms with E-state index >= 15 is 0 Å². The highest BCUT2D eigenvalue weighted by molar-refractivity contribution is 7.89. The predicted octanol–water partition coefficient (Wildman–Crippen LogP) is 2.76. The van der Waals surface area contributed by atoms with E-state index in [9.17, 15) is 21.6 Å². The molecule has 1 aliphatic heterocycles. The van der Waals surface area contributed by atoms with Gasteiger partial charge in [-0.25, -0.2) is 8.42 Å². The van der Waals surface area contributed by atoms with Crippen LogP contribution in [0.15, 0.2) is 23.1 Å². The van der Waals surface area contributed by atoms with Gasteiger partial charge in [0.25, 0.3) is 0 Å². The summed E-state index contributed by atoms with van der Waals surface area (Å²) in [5, 5.41) is 2.44. The van der Waals surface area contributed by atoms with Gasteiger partial charge in [-0.2, -0.15) is 17.5 Å². The van der Waals surface area contributed by atoms with Crippen LogP contribution in [0, 0.1) is 0 Å². The van der Waals surface area contributed by atoms with Gasteiger partial charge in [-0.05, 0) is 31.7 Å². The first kappa shape index (κ1) is 19.5. The highest BCUT2D eigenvalue weighted by atomic mass is 35.5. The monoisotopic (exact) mass is 378 g/mol. The van der Waals surface area contributed by atoms with Gasteiger partial charge in [0.1, 0.15) is 0 Å². The van der Waals surface area contributed by atoms with Gasteiger partial charge in [-0.15, -0.1) is 12.4 Å². The Morgan fingerprint density at radius 3 is 2.50 bits per heavy atom. The van der Waals surface area contributed by atoms with Crippen molar-refractivity contribution in [3.8, 4) is 0 Å². The normalized spacial score (nSPS) is 20.0. The molecule has 1 aliphatic rings. The van der Waals surface area contributed by atoms with Crippen molar-refractivity contribution >= 4 is 34.0 Å². The fourth-order valence-corrected chi connectivity index (χ4v) is 3.96. The number of hydrogen-bond acceptors (Lipinski definition) is 3. The summed E-state index contributed by atoms with van der Waals surface area (Å²) in [6.45, 7) is 0.515. The lowest BCUT2D eigenvalue weighted by Crippen LogP contribution is -2.33. The number of nitrogens with zero attached hydrogens (tertiary/aromatic N) is 1. The van der Waals surface area contributed by atoms with Gasteiger partial charge in [-0.3, -0.25) is 0 Å². The topological polar surface area (TPSA) is 49.4 Å². The van der Waals surface area contributed by atoms with Crippen molar-refractivity contribution in [2.24, 2.45) is 0 Å². The Labute approximate surface area is 138 Å². The molecule has 0 aromatic heterocycles. The predicted molar refractivity (Wildman–Crippen MR) is 79.9 cm³/mol. The zero-order valence-electron chi connectivity index (χ0n) is 11.5. The Bertz CT molecular complexity index is 638. The van der Waals surface area contributed by atoms with Gasteiger partial charge < -0.3 is 5.32 Å². The third-order valence-electron chi connectivity index (χ3n) is 3.44. The molecule has 2 rings (SSSR count). The van der Waals surface area contributed by atoms with Gasteiger partial charge in [0, 0.05) is 19.1 Å².